The minimum atomic E-state index is -3.72. The molecule has 0 spiro atoms. The number of amides is 1. The third-order valence-corrected chi connectivity index (χ3v) is 3.65. The van der Waals surface area contributed by atoms with Gasteiger partial charge in [-0.25, -0.2) is 8.42 Å². The van der Waals surface area contributed by atoms with Crippen LogP contribution in [0.25, 0.3) is 0 Å². The Morgan fingerprint density at radius 2 is 2.00 bits per heavy atom. The molecule has 1 aromatic carbocycles. The molecule has 0 atom stereocenters. The summed E-state index contributed by atoms with van der Waals surface area (Å²) in [6, 6.07) is 6.60. The summed E-state index contributed by atoms with van der Waals surface area (Å²) in [6.07, 6.45) is 5.88. The summed E-state index contributed by atoms with van der Waals surface area (Å²) in [5.41, 5.74) is 0.272. The maximum Gasteiger partial charge on any atom is 0.316 e. The average Bonchev–Trinajstić information content (AvgIpc) is 2.19. The van der Waals surface area contributed by atoms with Crippen LogP contribution in [0.2, 0.25) is 0 Å². The number of carbonyl (C=O) groups is 1. The number of benzene rings is 1. The summed E-state index contributed by atoms with van der Waals surface area (Å²) in [7, 11) is -3.72. The van der Waals surface area contributed by atoms with E-state index in [0.717, 1.165) is 6.26 Å². The maximum absolute atomic E-state index is 11.5. The zero-order valence-corrected chi connectivity index (χ0v) is 11.3. The Labute approximate surface area is 108 Å². The second-order valence-electron chi connectivity index (χ2n) is 2.93. The normalized spacial score (nSPS) is 10.6. The fourth-order valence-electron chi connectivity index (χ4n) is 1.11. The van der Waals surface area contributed by atoms with Crippen molar-refractivity contribution in [1.82, 2.24) is 0 Å². The van der Waals surface area contributed by atoms with Crippen molar-refractivity contribution in [2.75, 3.05) is 10.6 Å². The zero-order chi connectivity index (χ0) is 12.3. The number of terminal acetylenes is 1. The van der Waals surface area contributed by atoms with E-state index in [1.807, 2.05) is 22.6 Å². The molecule has 16 heavy (non-hydrogen) atoms. The van der Waals surface area contributed by atoms with E-state index in [4.69, 9.17) is 6.42 Å². The molecule has 0 N–H and O–H groups in total. The third kappa shape index (κ3) is 2.74. The van der Waals surface area contributed by atoms with Gasteiger partial charge in [-0.15, -0.1) is 6.42 Å². The van der Waals surface area contributed by atoms with Crippen LogP contribution >= 0.6 is 22.6 Å². The van der Waals surface area contributed by atoms with Gasteiger partial charge in [0.2, 0.25) is 10.0 Å². The minimum absolute atomic E-state index is 0.272. The number of hydrogen-bond acceptors (Lipinski definition) is 3. The number of para-hydroxylation sites is 1. The fourth-order valence-corrected chi connectivity index (χ4v) is 2.78. The molecule has 1 aromatic rings. The Bertz CT molecular complexity index is 560. The topological polar surface area (TPSA) is 54.5 Å². The molecule has 0 bridgehead atoms. The predicted octanol–water partition coefficient (Wildman–Crippen LogP) is 1.22. The van der Waals surface area contributed by atoms with Gasteiger partial charge in [0.1, 0.15) is 0 Å². The van der Waals surface area contributed by atoms with E-state index in [2.05, 4.69) is 0 Å². The number of sulfonamides is 1. The second-order valence-corrected chi connectivity index (χ2v) is 5.92. The van der Waals surface area contributed by atoms with E-state index in [0.29, 0.717) is 7.88 Å². The highest BCUT2D eigenvalue weighted by Gasteiger charge is 2.25. The lowest BCUT2D eigenvalue weighted by molar-refractivity contribution is -0.112. The van der Waals surface area contributed by atoms with Gasteiger partial charge in [0.25, 0.3) is 0 Å². The average molecular weight is 349 g/mol. The van der Waals surface area contributed by atoms with Crippen molar-refractivity contribution in [3.8, 4) is 12.3 Å². The summed E-state index contributed by atoms with van der Waals surface area (Å²) in [4.78, 5) is 11.4. The number of nitrogens with zero attached hydrogens (tertiary/aromatic N) is 1. The van der Waals surface area contributed by atoms with E-state index < -0.39 is 15.9 Å². The Balaban J connectivity index is 3.41. The quantitative estimate of drug-likeness (QED) is 0.596. The molecule has 0 aliphatic rings. The van der Waals surface area contributed by atoms with Gasteiger partial charge in [-0.2, -0.15) is 4.31 Å². The van der Waals surface area contributed by atoms with Crippen LogP contribution in [-0.4, -0.2) is 20.6 Å². The highest BCUT2D eigenvalue weighted by molar-refractivity contribution is 14.1. The predicted molar refractivity (Wildman–Crippen MR) is 70.3 cm³/mol. The van der Waals surface area contributed by atoms with Crippen molar-refractivity contribution in [1.29, 1.82) is 0 Å². The van der Waals surface area contributed by atoms with Crippen LogP contribution in [0.15, 0.2) is 24.3 Å². The highest BCUT2D eigenvalue weighted by atomic mass is 127. The van der Waals surface area contributed by atoms with Gasteiger partial charge >= 0.3 is 5.91 Å². The van der Waals surface area contributed by atoms with Crippen LogP contribution in [-0.2, 0) is 14.8 Å². The molecule has 0 aliphatic heterocycles. The molecular formula is C10H8INO3S. The molecule has 0 heterocycles. The molecule has 0 saturated carbocycles. The zero-order valence-electron chi connectivity index (χ0n) is 8.34. The second kappa shape index (κ2) is 4.84. The van der Waals surface area contributed by atoms with Gasteiger partial charge in [0.05, 0.1) is 11.9 Å². The number of anilines is 1. The number of hydrogen-bond donors (Lipinski definition) is 0. The summed E-state index contributed by atoms with van der Waals surface area (Å²) >= 11 is 1.94. The minimum Gasteiger partial charge on any atom is -0.258 e. The lowest BCUT2D eigenvalue weighted by Crippen LogP contribution is -2.35. The van der Waals surface area contributed by atoms with E-state index >= 15 is 0 Å². The molecule has 84 valence electrons. The highest BCUT2D eigenvalue weighted by Crippen LogP contribution is 2.24. The number of halogens is 1. The summed E-state index contributed by atoms with van der Waals surface area (Å²) in [6.45, 7) is 0. The monoisotopic (exact) mass is 349 g/mol. The van der Waals surface area contributed by atoms with Gasteiger partial charge in [0.15, 0.2) is 0 Å². The molecule has 0 unspecified atom stereocenters. The van der Waals surface area contributed by atoms with Crippen LogP contribution in [0.1, 0.15) is 0 Å². The van der Waals surface area contributed by atoms with Crippen LogP contribution < -0.4 is 4.31 Å². The van der Waals surface area contributed by atoms with Crippen LogP contribution in [0, 0.1) is 15.9 Å². The number of rotatable bonds is 2. The molecule has 0 aromatic heterocycles. The van der Waals surface area contributed by atoms with Crippen molar-refractivity contribution in [2.45, 2.75) is 0 Å². The van der Waals surface area contributed by atoms with E-state index in [-0.39, 0.29) is 5.69 Å². The molecular weight excluding hydrogens is 341 g/mol. The molecule has 4 nitrogen and oxygen atoms in total. The summed E-state index contributed by atoms with van der Waals surface area (Å²) in [5.74, 6) is 0.905. The Hall–Kier alpha value is -1.07. The molecule has 1 amide bonds. The standard InChI is InChI=1S/C10H8INO3S/c1-3-10(13)12(16(2,14)15)9-7-5-4-6-8(9)11/h1,4-7H,2H3. The van der Waals surface area contributed by atoms with Gasteiger partial charge < -0.3 is 0 Å². The molecule has 0 radical (unpaired) electrons. The first-order valence-corrected chi connectivity index (χ1v) is 7.06. The van der Waals surface area contributed by atoms with E-state index in [1.165, 1.54) is 6.07 Å². The molecule has 0 aliphatic carbocycles. The largest absolute Gasteiger partial charge is 0.316 e. The Morgan fingerprint density at radius 3 is 2.44 bits per heavy atom. The van der Waals surface area contributed by atoms with Gasteiger partial charge in [0, 0.05) is 3.57 Å². The van der Waals surface area contributed by atoms with E-state index in [9.17, 15) is 13.2 Å². The van der Waals surface area contributed by atoms with Gasteiger partial charge in [-0.05, 0) is 40.6 Å². The first-order valence-electron chi connectivity index (χ1n) is 4.13. The lowest BCUT2D eigenvalue weighted by atomic mass is 10.3. The molecule has 0 fully saturated rings. The SMILES string of the molecule is C#CC(=O)N(c1ccccc1I)S(C)(=O)=O. The smallest absolute Gasteiger partial charge is 0.258 e. The van der Waals surface area contributed by atoms with Crippen molar-refractivity contribution >= 4 is 44.2 Å². The van der Waals surface area contributed by atoms with Crippen molar-refractivity contribution in [3.63, 3.8) is 0 Å². The van der Waals surface area contributed by atoms with Crippen molar-refractivity contribution in [2.24, 2.45) is 0 Å². The first-order chi connectivity index (χ1) is 7.38. The van der Waals surface area contributed by atoms with Crippen LogP contribution in [0.3, 0.4) is 0 Å². The Morgan fingerprint density at radius 1 is 1.44 bits per heavy atom. The lowest BCUT2D eigenvalue weighted by Gasteiger charge is -2.18. The fraction of sp³-hybridized carbons (Fsp3) is 0.100. The summed E-state index contributed by atoms with van der Waals surface area (Å²) < 4.78 is 24.2. The Kier molecular flexibility index (Phi) is 3.93. The van der Waals surface area contributed by atoms with Gasteiger partial charge in [-0.1, -0.05) is 12.1 Å². The molecule has 1 rings (SSSR count). The first kappa shape index (κ1) is 13.0. The maximum atomic E-state index is 11.5. The molecule has 6 heteroatoms. The van der Waals surface area contributed by atoms with Crippen molar-refractivity contribution < 1.29 is 13.2 Å². The van der Waals surface area contributed by atoms with Gasteiger partial charge in [-0.3, -0.25) is 4.79 Å². The van der Waals surface area contributed by atoms with Crippen LogP contribution in [0.5, 0.6) is 0 Å². The van der Waals surface area contributed by atoms with Crippen LogP contribution in [0.4, 0.5) is 5.69 Å². The molecule has 0 saturated heterocycles. The van der Waals surface area contributed by atoms with Crippen molar-refractivity contribution in [3.05, 3.63) is 27.8 Å². The van der Waals surface area contributed by atoms with E-state index in [1.54, 1.807) is 24.1 Å². The number of carbonyl (C=O) groups excluding carboxylic acids is 1. The summed E-state index contributed by atoms with van der Waals surface area (Å²) in [5, 5.41) is 0. The third-order valence-electron chi connectivity index (χ3n) is 1.71.